The molecule has 0 aliphatic heterocycles. The van der Waals surface area contributed by atoms with Crippen LogP contribution in [0.2, 0.25) is 5.02 Å². The molecule has 2 rings (SSSR count). The molecule has 0 radical (unpaired) electrons. The number of carbonyl (C=O) groups excluding carboxylic acids is 1. The summed E-state index contributed by atoms with van der Waals surface area (Å²) in [5, 5.41) is 13.2. The Hall–Kier alpha value is -1.26. The quantitative estimate of drug-likeness (QED) is 0.879. The van der Waals surface area contributed by atoms with Crippen LogP contribution >= 0.6 is 11.6 Å². The van der Waals surface area contributed by atoms with Gasteiger partial charge >= 0.3 is 0 Å². The van der Waals surface area contributed by atoms with Gasteiger partial charge in [-0.3, -0.25) is 4.79 Å². The SMILES string of the molecule is CC1CCCC(CO)(NC(=O)COc2cccc(Cl)c2)C1. The molecule has 2 N–H and O–H groups in total. The number of hydrogen-bond acceptors (Lipinski definition) is 3. The first kappa shape index (κ1) is 16.1. The van der Waals surface area contributed by atoms with Crippen LogP contribution in [0.15, 0.2) is 24.3 Å². The highest BCUT2D eigenvalue weighted by Gasteiger charge is 2.35. The lowest BCUT2D eigenvalue weighted by molar-refractivity contribution is -0.126. The molecule has 1 fully saturated rings. The van der Waals surface area contributed by atoms with E-state index in [1.54, 1.807) is 24.3 Å². The van der Waals surface area contributed by atoms with Crippen molar-refractivity contribution in [2.75, 3.05) is 13.2 Å². The van der Waals surface area contributed by atoms with Gasteiger partial charge in [-0.15, -0.1) is 0 Å². The predicted molar refractivity (Wildman–Crippen MR) is 82.5 cm³/mol. The summed E-state index contributed by atoms with van der Waals surface area (Å²) in [5.41, 5.74) is -0.494. The fraction of sp³-hybridized carbons (Fsp3) is 0.562. The molecule has 1 aromatic carbocycles. The van der Waals surface area contributed by atoms with Crippen molar-refractivity contribution in [3.05, 3.63) is 29.3 Å². The minimum atomic E-state index is -0.494. The molecule has 21 heavy (non-hydrogen) atoms. The lowest BCUT2D eigenvalue weighted by Gasteiger charge is -2.39. The summed E-state index contributed by atoms with van der Waals surface area (Å²) < 4.78 is 5.43. The Morgan fingerprint density at radius 1 is 1.57 bits per heavy atom. The minimum Gasteiger partial charge on any atom is -0.484 e. The van der Waals surface area contributed by atoms with Crippen LogP contribution in [0.5, 0.6) is 5.75 Å². The molecule has 1 aliphatic rings. The fourth-order valence-corrected chi connectivity index (χ4v) is 3.17. The zero-order valence-corrected chi connectivity index (χ0v) is 13.0. The number of rotatable bonds is 5. The number of aliphatic hydroxyl groups excluding tert-OH is 1. The number of nitrogens with one attached hydrogen (secondary N) is 1. The van der Waals surface area contributed by atoms with Gasteiger partial charge in [-0.2, -0.15) is 0 Å². The van der Waals surface area contributed by atoms with Crippen molar-refractivity contribution in [1.29, 1.82) is 0 Å². The van der Waals surface area contributed by atoms with Crippen LogP contribution in [-0.2, 0) is 4.79 Å². The van der Waals surface area contributed by atoms with E-state index in [0.717, 1.165) is 25.7 Å². The Kier molecular flexibility index (Phi) is 5.48. The van der Waals surface area contributed by atoms with Gasteiger partial charge in [0.1, 0.15) is 5.75 Å². The number of amides is 1. The Labute approximate surface area is 130 Å². The zero-order chi connectivity index (χ0) is 15.3. The monoisotopic (exact) mass is 311 g/mol. The predicted octanol–water partition coefficient (Wildman–Crippen LogP) is 2.78. The first-order valence-corrected chi connectivity index (χ1v) is 7.71. The summed E-state index contributed by atoms with van der Waals surface area (Å²) in [7, 11) is 0. The molecule has 5 heteroatoms. The first-order valence-electron chi connectivity index (χ1n) is 7.33. The summed E-state index contributed by atoms with van der Waals surface area (Å²) in [6.45, 7) is 2.05. The van der Waals surface area contributed by atoms with E-state index in [0.29, 0.717) is 16.7 Å². The highest BCUT2D eigenvalue weighted by molar-refractivity contribution is 6.30. The van der Waals surface area contributed by atoms with Crippen LogP contribution in [0.25, 0.3) is 0 Å². The van der Waals surface area contributed by atoms with E-state index in [9.17, 15) is 9.90 Å². The van der Waals surface area contributed by atoms with Crippen molar-refractivity contribution in [3.63, 3.8) is 0 Å². The number of carbonyl (C=O) groups is 1. The maximum Gasteiger partial charge on any atom is 0.258 e. The number of ether oxygens (including phenoxy) is 1. The first-order chi connectivity index (χ1) is 10.0. The number of hydrogen-bond donors (Lipinski definition) is 2. The molecule has 2 unspecified atom stereocenters. The van der Waals surface area contributed by atoms with E-state index in [4.69, 9.17) is 16.3 Å². The minimum absolute atomic E-state index is 0.0275. The Bertz CT molecular complexity index is 494. The molecule has 0 bridgehead atoms. The molecule has 1 amide bonds. The van der Waals surface area contributed by atoms with Crippen molar-refractivity contribution >= 4 is 17.5 Å². The Balaban J connectivity index is 1.88. The highest BCUT2D eigenvalue weighted by atomic mass is 35.5. The average molecular weight is 312 g/mol. The van der Waals surface area contributed by atoms with Gasteiger partial charge in [0.25, 0.3) is 5.91 Å². The fourth-order valence-electron chi connectivity index (χ4n) is 2.99. The third-order valence-corrected chi connectivity index (χ3v) is 4.20. The van der Waals surface area contributed by atoms with Gasteiger partial charge in [0, 0.05) is 5.02 Å². The second-order valence-corrected chi connectivity index (χ2v) is 6.37. The molecule has 4 nitrogen and oxygen atoms in total. The number of benzene rings is 1. The molecule has 1 aromatic rings. The summed E-state index contributed by atoms with van der Waals surface area (Å²) in [6, 6.07) is 6.94. The summed E-state index contributed by atoms with van der Waals surface area (Å²) >= 11 is 5.86. The highest BCUT2D eigenvalue weighted by Crippen LogP contribution is 2.31. The van der Waals surface area contributed by atoms with Crippen molar-refractivity contribution in [1.82, 2.24) is 5.32 Å². The van der Waals surface area contributed by atoms with Crippen LogP contribution in [0.1, 0.15) is 32.6 Å². The number of aliphatic hydroxyl groups is 1. The van der Waals surface area contributed by atoms with Gasteiger partial charge < -0.3 is 15.2 Å². The maximum atomic E-state index is 12.1. The van der Waals surface area contributed by atoms with E-state index in [1.165, 1.54) is 0 Å². The van der Waals surface area contributed by atoms with Gasteiger partial charge in [-0.1, -0.05) is 37.4 Å². The van der Waals surface area contributed by atoms with E-state index < -0.39 is 5.54 Å². The van der Waals surface area contributed by atoms with Gasteiger partial charge in [0.2, 0.25) is 0 Å². The van der Waals surface area contributed by atoms with Crippen molar-refractivity contribution in [2.45, 2.75) is 38.1 Å². The molecule has 0 aromatic heterocycles. The molecule has 2 atom stereocenters. The second-order valence-electron chi connectivity index (χ2n) is 5.93. The molecule has 116 valence electrons. The molecular formula is C16H22ClNO3. The average Bonchev–Trinajstić information content (AvgIpc) is 2.45. The van der Waals surface area contributed by atoms with Gasteiger partial charge in [0.05, 0.1) is 12.1 Å². The van der Waals surface area contributed by atoms with Crippen molar-refractivity contribution in [2.24, 2.45) is 5.92 Å². The van der Waals surface area contributed by atoms with Gasteiger partial charge in [-0.05, 0) is 37.0 Å². The Morgan fingerprint density at radius 3 is 3.05 bits per heavy atom. The van der Waals surface area contributed by atoms with Crippen LogP contribution in [-0.4, -0.2) is 29.8 Å². The lowest BCUT2D eigenvalue weighted by atomic mass is 9.77. The smallest absolute Gasteiger partial charge is 0.258 e. The largest absolute Gasteiger partial charge is 0.484 e. The normalized spacial score (nSPS) is 25.4. The number of halogens is 1. The summed E-state index contributed by atoms with van der Waals surface area (Å²) in [5.74, 6) is 0.867. The van der Waals surface area contributed by atoms with Crippen LogP contribution in [0.4, 0.5) is 0 Å². The van der Waals surface area contributed by atoms with Gasteiger partial charge in [-0.25, -0.2) is 0 Å². The molecule has 1 aliphatic carbocycles. The molecule has 0 spiro atoms. The van der Waals surface area contributed by atoms with Crippen molar-refractivity contribution < 1.29 is 14.6 Å². The van der Waals surface area contributed by atoms with Crippen LogP contribution < -0.4 is 10.1 Å². The Morgan fingerprint density at radius 2 is 2.38 bits per heavy atom. The summed E-state index contributed by atoms with van der Waals surface area (Å²) in [4.78, 5) is 12.1. The van der Waals surface area contributed by atoms with E-state index in [1.807, 2.05) is 0 Å². The molecular weight excluding hydrogens is 290 g/mol. The van der Waals surface area contributed by atoms with Gasteiger partial charge in [0.15, 0.2) is 6.61 Å². The van der Waals surface area contributed by atoms with Crippen LogP contribution in [0, 0.1) is 5.92 Å². The zero-order valence-electron chi connectivity index (χ0n) is 12.3. The molecule has 0 heterocycles. The topological polar surface area (TPSA) is 58.6 Å². The summed E-state index contributed by atoms with van der Waals surface area (Å²) in [6.07, 6.45) is 3.80. The van der Waals surface area contributed by atoms with E-state index in [-0.39, 0.29) is 19.1 Å². The van der Waals surface area contributed by atoms with E-state index in [2.05, 4.69) is 12.2 Å². The van der Waals surface area contributed by atoms with E-state index >= 15 is 0 Å². The van der Waals surface area contributed by atoms with Crippen molar-refractivity contribution in [3.8, 4) is 5.75 Å². The maximum absolute atomic E-state index is 12.1. The molecule has 0 saturated heterocycles. The standard InChI is InChI=1S/C16H22ClNO3/c1-12-4-3-7-16(9-12,11-19)18-15(20)10-21-14-6-2-5-13(17)8-14/h2,5-6,8,12,19H,3-4,7,9-11H2,1H3,(H,18,20). The lowest BCUT2D eigenvalue weighted by Crippen LogP contribution is -2.55. The molecule has 1 saturated carbocycles. The van der Waals surface area contributed by atoms with Crippen LogP contribution in [0.3, 0.4) is 0 Å². The third-order valence-electron chi connectivity index (χ3n) is 3.96. The second kappa shape index (κ2) is 7.14. The third kappa shape index (κ3) is 4.61.